The van der Waals surface area contributed by atoms with Crippen LogP contribution in [0.25, 0.3) is 0 Å². The Hall–Kier alpha value is 0.530. The van der Waals surface area contributed by atoms with Gasteiger partial charge in [-0.1, -0.05) is 34.8 Å². The van der Waals surface area contributed by atoms with Crippen LogP contribution in [0.1, 0.15) is 0 Å². The molecule has 3 aliphatic rings. The molecule has 0 aromatic heterocycles. The van der Waals surface area contributed by atoms with Crippen LogP contribution in [0.15, 0.2) is 4.74 Å². The highest BCUT2D eigenvalue weighted by Gasteiger charge is 2.45. The lowest BCUT2D eigenvalue weighted by Crippen LogP contribution is -2.51. The third-order valence-electron chi connectivity index (χ3n) is 4.57. The van der Waals surface area contributed by atoms with Gasteiger partial charge in [0.05, 0.1) is 39.6 Å². The summed E-state index contributed by atoms with van der Waals surface area (Å²) in [6.07, 6.45) is 0. The zero-order valence-electron chi connectivity index (χ0n) is 14.5. The molecule has 0 saturated carbocycles. The van der Waals surface area contributed by atoms with Crippen molar-refractivity contribution in [2.24, 2.45) is 4.74 Å². The first kappa shape index (κ1) is 21.2. The first-order chi connectivity index (χ1) is 12.4. The number of hydrogen-bond donors (Lipinski definition) is 0. The fourth-order valence-corrected chi connectivity index (χ4v) is 7.62. The Bertz CT molecular complexity index is 492. The smallest absolute Gasteiger partial charge is 0.299 e. The molecule has 3 saturated heterocycles. The van der Waals surface area contributed by atoms with Gasteiger partial charge in [-0.3, -0.25) is 4.79 Å². The van der Waals surface area contributed by atoms with Crippen molar-refractivity contribution >= 4 is 48.2 Å². The molecule has 1 amide bonds. The van der Waals surface area contributed by atoms with Crippen LogP contribution in [0.2, 0.25) is 0 Å². The normalized spacial score (nSPS) is 25.2. The van der Waals surface area contributed by atoms with Gasteiger partial charge in [0.15, 0.2) is 7.51 Å². The lowest BCUT2D eigenvalue weighted by atomic mass is 10.5. The summed E-state index contributed by atoms with van der Waals surface area (Å²) in [6, 6.07) is 0. The number of rotatable bonds is 3. The van der Waals surface area contributed by atoms with Gasteiger partial charge in [0.25, 0.3) is 9.70 Å². The molecule has 0 radical (unpaired) electrons. The summed E-state index contributed by atoms with van der Waals surface area (Å²) < 4.78 is 25.9. The van der Waals surface area contributed by atoms with Gasteiger partial charge in [-0.2, -0.15) is 4.74 Å². The molecule has 0 atom stereocenters. The third-order valence-corrected chi connectivity index (χ3v) is 8.98. The third kappa shape index (κ3) is 4.74. The molecule has 26 heavy (non-hydrogen) atoms. The van der Waals surface area contributed by atoms with Crippen molar-refractivity contribution in [2.45, 2.75) is 3.79 Å². The number of morpholine rings is 3. The van der Waals surface area contributed by atoms with Crippen LogP contribution in [-0.2, 0) is 19.0 Å². The van der Waals surface area contributed by atoms with Crippen molar-refractivity contribution in [1.82, 2.24) is 14.0 Å². The molecule has 3 heterocycles. The number of nitrogens with zero attached hydrogens (tertiary/aromatic N) is 4. The second-order valence-corrected chi connectivity index (χ2v) is 11.4. The first-order valence-corrected chi connectivity index (χ1v) is 11.4. The second-order valence-electron chi connectivity index (χ2n) is 6.14. The number of hydrogen-bond acceptors (Lipinski definition) is 4. The molecule has 0 aromatic carbocycles. The fraction of sp³-hybridized carbons (Fsp3) is 0.929. The molecule has 8 nitrogen and oxygen atoms in total. The van der Waals surface area contributed by atoms with Gasteiger partial charge >= 0.3 is 0 Å². The Morgan fingerprint density at radius 2 is 1.04 bits per heavy atom. The molecule has 3 fully saturated rings. The molecule has 0 aliphatic carbocycles. The maximum Gasteiger partial charge on any atom is 0.299 e. The van der Waals surface area contributed by atoms with Crippen molar-refractivity contribution in [3.8, 4) is 0 Å². The summed E-state index contributed by atoms with van der Waals surface area (Å²) in [4.78, 5) is 12.7. The molecule has 0 N–H and O–H groups in total. The van der Waals surface area contributed by atoms with Crippen LogP contribution in [-0.4, -0.2) is 103 Å². The van der Waals surface area contributed by atoms with Gasteiger partial charge in [0, 0.05) is 39.3 Å². The Kier molecular flexibility index (Phi) is 7.64. The topological polar surface area (TPSA) is 66.8 Å². The lowest BCUT2D eigenvalue weighted by molar-refractivity contribution is -0.117. The average molecular weight is 450 g/mol. The SMILES string of the molecule is O=C(N=P(N1CCOCC1)(N1CCOCC1)N1CCOCC1)C(Cl)(Cl)Cl. The highest BCUT2D eigenvalue weighted by atomic mass is 35.6. The Morgan fingerprint density at radius 1 is 0.731 bits per heavy atom. The Balaban J connectivity index is 2.08. The van der Waals surface area contributed by atoms with Crippen molar-refractivity contribution < 1.29 is 19.0 Å². The maximum absolute atomic E-state index is 12.7. The number of amides is 1. The van der Waals surface area contributed by atoms with Gasteiger partial charge in [-0.15, -0.1) is 0 Å². The predicted molar refractivity (Wildman–Crippen MR) is 102 cm³/mol. The van der Waals surface area contributed by atoms with E-state index in [-0.39, 0.29) is 0 Å². The number of alkyl halides is 3. The second kappa shape index (κ2) is 9.35. The van der Waals surface area contributed by atoms with Crippen LogP contribution in [0.5, 0.6) is 0 Å². The zero-order chi connectivity index (χ0) is 18.6. The summed E-state index contributed by atoms with van der Waals surface area (Å²) in [6.45, 7) is 7.63. The van der Waals surface area contributed by atoms with Crippen LogP contribution < -0.4 is 0 Å². The molecular weight excluding hydrogens is 426 g/mol. The molecule has 0 unspecified atom stereocenters. The largest absolute Gasteiger partial charge is 0.379 e. The molecule has 0 aromatic rings. The summed E-state index contributed by atoms with van der Waals surface area (Å²) in [5, 5.41) is 0. The minimum atomic E-state index is -2.59. The molecule has 0 bridgehead atoms. The van der Waals surface area contributed by atoms with Crippen molar-refractivity contribution in [2.75, 3.05) is 78.9 Å². The predicted octanol–water partition coefficient (Wildman–Crippen LogP) is 1.83. The zero-order valence-corrected chi connectivity index (χ0v) is 17.7. The molecule has 12 heteroatoms. The number of carbonyl (C=O) groups excluding carboxylic acids is 1. The van der Waals surface area contributed by atoms with E-state index in [1.54, 1.807) is 0 Å². The van der Waals surface area contributed by atoms with Crippen molar-refractivity contribution in [1.29, 1.82) is 0 Å². The summed E-state index contributed by atoms with van der Waals surface area (Å²) in [5.74, 6) is -0.722. The minimum absolute atomic E-state index is 0.591. The average Bonchev–Trinajstić information content (AvgIpc) is 2.67. The quantitative estimate of drug-likeness (QED) is 0.481. The fourth-order valence-electron chi connectivity index (χ4n) is 3.37. The minimum Gasteiger partial charge on any atom is -0.379 e. The molecule has 3 aliphatic heterocycles. The van der Waals surface area contributed by atoms with E-state index in [4.69, 9.17) is 49.0 Å². The van der Waals surface area contributed by atoms with Crippen LogP contribution >= 0.6 is 42.3 Å². The monoisotopic (exact) mass is 448 g/mol. The molecule has 0 spiro atoms. The van der Waals surface area contributed by atoms with Crippen LogP contribution in [0.3, 0.4) is 0 Å². The number of ether oxygens (including phenoxy) is 3. The Morgan fingerprint density at radius 3 is 1.31 bits per heavy atom. The number of halogens is 3. The van der Waals surface area contributed by atoms with E-state index in [0.29, 0.717) is 78.9 Å². The van der Waals surface area contributed by atoms with Gasteiger partial charge in [0.1, 0.15) is 0 Å². The molecule has 3 rings (SSSR count). The van der Waals surface area contributed by atoms with Gasteiger partial charge in [0.2, 0.25) is 0 Å². The molecular formula is C14H24Cl3N4O4P. The van der Waals surface area contributed by atoms with Crippen molar-refractivity contribution in [3.05, 3.63) is 0 Å². The first-order valence-electron chi connectivity index (χ1n) is 8.67. The van der Waals surface area contributed by atoms with E-state index < -0.39 is 17.2 Å². The summed E-state index contributed by atoms with van der Waals surface area (Å²) >= 11 is 17.6. The van der Waals surface area contributed by atoms with Gasteiger partial charge in [-0.25, -0.2) is 14.0 Å². The van der Waals surface area contributed by atoms with E-state index >= 15 is 0 Å². The highest BCUT2D eigenvalue weighted by molar-refractivity contribution is 7.59. The van der Waals surface area contributed by atoms with E-state index in [9.17, 15) is 4.79 Å². The van der Waals surface area contributed by atoms with Gasteiger partial charge in [-0.05, 0) is 0 Å². The standard InChI is InChI=1S/C14H24Cl3N4O4P/c15-14(16,17)13(22)18-26(19-1-7-23-8-2-19,20-3-9-24-10-4-20)21-5-11-25-12-6-21/h1-12H2. The van der Waals surface area contributed by atoms with Crippen molar-refractivity contribution in [3.63, 3.8) is 0 Å². The van der Waals surface area contributed by atoms with E-state index in [1.165, 1.54) is 0 Å². The molecule has 150 valence electrons. The van der Waals surface area contributed by atoms with E-state index in [1.807, 2.05) is 0 Å². The number of carbonyl (C=O) groups is 1. The summed E-state index contributed by atoms with van der Waals surface area (Å²) in [7, 11) is -2.59. The van der Waals surface area contributed by atoms with Crippen LogP contribution in [0.4, 0.5) is 0 Å². The van der Waals surface area contributed by atoms with E-state index in [0.717, 1.165) is 0 Å². The van der Waals surface area contributed by atoms with E-state index in [2.05, 4.69) is 18.8 Å². The lowest BCUT2D eigenvalue weighted by Gasteiger charge is -2.51. The summed E-state index contributed by atoms with van der Waals surface area (Å²) in [5.41, 5.74) is 0. The maximum atomic E-state index is 12.7. The highest BCUT2D eigenvalue weighted by Crippen LogP contribution is 2.60. The van der Waals surface area contributed by atoms with Gasteiger partial charge < -0.3 is 14.2 Å². The van der Waals surface area contributed by atoms with Crippen LogP contribution in [0, 0.1) is 0 Å². The Labute approximate surface area is 168 Å².